The molecular formula is C22H21F2N3O2. The minimum absolute atomic E-state index is 0.167. The minimum Gasteiger partial charge on any atom is -0.394 e. The predicted octanol–water partition coefficient (Wildman–Crippen LogP) is 3.76. The van der Waals surface area contributed by atoms with Crippen molar-refractivity contribution in [1.29, 1.82) is 0 Å². The molecule has 0 fully saturated rings. The summed E-state index contributed by atoms with van der Waals surface area (Å²) in [7, 11) is 0. The maximum atomic E-state index is 13.6. The highest BCUT2D eigenvalue weighted by molar-refractivity contribution is 5.97. The summed E-state index contributed by atoms with van der Waals surface area (Å²) in [5.74, 6) is -2.68. The molecule has 5 nitrogen and oxygen atoms in total. The Kier molecular flexibility index (Phi) is 6.19. The van der Waals surface area contributed by atoms with Gasteiger partial charge in [0.05, 0.1) is 23.9 Å². The fraction of sp³-hybridized carbons (Fsp3) is 0.182. The third-order valence-corrected chi connectivity index (χ3v) is 4.77. The summed E-state index contributed by atoms with van der Waals surface area (Å²) in [6, 6.07) is 15.5. The van der Waals surface area contributed by atoms with Crippen molar-refractivity contribution >= 4 is 11.7 Å². The molecule has 0 aliphatic heterocycles. The molecular weight excluding hydrogens is 376 g/mol. The number of nitrogens with two attached hydrogens (primary N) is 1. The zero-order chi connectivity index (χ0) is 21.0. The summed E-state index contributed by atoms with van der Waals surface area (Å²) in [4.78, 5) is 16.3. The van der Waals surface area contributed by atoms with Crippen LogP contribution < -0.4 is 11.1 Å². The largest absolute Gasteiger partial charge is 0.394 e. The molecule has 3 rings (SSSR count). The van der Waals surface area contributed by atoms with Crippen LogP contribution >= 0.6 is 0 Å². The molecule has 0 aliphatic rings. The molecule has 3 aromatic rings. The fourth-order valence-electron chi connectivity index (χ4n) is 3.06. The second-order valence-corrected chi connectivity index (χ2v) is 6.68. The number of anilines is 1. The SMILES string of the molecule is C[C@@H](c1ccc(F)c(F)c1)c1ccc(C(N)=O)c(N[C@@H](CO)c2ccccc2)n1. The molecule has 7 heteroatoms. The van der Waals surface area contributed by atoms with Gasteiger partial charge in [-0.25, -0.2) is 13.8 Å². The van der Waals surface area contributed by atoms with Crippen molar-refractivity contribution < 1.29 is 18.7 Å². The zero-order valence-electron chi connectivity index (χ0n) is 15.8. The highest BCUT2D eigenvalue weighted by Crippen LogP contribution is 2.28. The number of hydrogen-bond acceptors (Lipinski definition) is 4. The second kappa shape index (κ2) is 8.79. The first-order chi connectivity index (χ1) is 13.9. The van der Waals surface area contributed by atoms with E-state index in [-0.39, 0.29) is 23.9 Å². The third-order valence-electron chi connectivity index (χ3n) is 4.77. The summed E-state index contributed by atoms with van der Waals surface area (Å²) in [5.41, 5.74) is 7.52. The topological polar surface area (TPSA) is 88.2 Å². The molecule has 0 bridgehead atoms. The van der Waals surface area contributed by atoms with Crippen LogP contribution in [0.1, 0.15) is 46.1 Å². The lowest BCUT2D eigenvalue weighted by Crippen LogP contribution is -2.21. The van der Waals surface area contributed by atoms with Crippen molar-refractivity contribution in [1.82, 2.24) is 4.98 Å². The van der Waals surface area contributed by atoms with E-state index >= 15 is 0 Å². The van der Waals surface area contributed by atoms with Crippen LogP contribution in [-0.4, -0.2) is 22.6 Å². The number of halogens is 2. The van der Waals surface area contributed by atoms with Crippen molar-refractivity contribution in [2.24, 2.45) is 5.73 Å². The molecule has 150 valence electrons. The van der Waals surface area contributed by atoms with Gasteiger partial charge in [-0.05, 0) is 35.4 Å². The van der Waals surface area contributed by atoms with E-state index in [0.717, 1.165) is 17.7 Å². The minimum atomic E-state index is -0.939. The van der Waals surface area contributed by atoms with Gasteiger partial charge in [-0.1, -0.05) is 43.3 Å². The smallest absolute Gasteiger partial charge is 0.252 e. The molecule has 1 amide bonds. The van der Waals surface area contributed by atoms with Crippen LogP contribution in [0, 0.1) is 11.6 Å². The van der Waals surface area contributed by atoms with Crippen molar-refractivity contribution in [3.05, 3.63) is 94.7 Å². The van der Waals surface area contributed by atoms with Gasteiger partial charge in [0.25, 0.3) is 5.91 Å². The zero-order valence-corrected chi connectivity index (χ0v) is 15.8. The second-order valence-electron chi connectivity index (χ2n) is 6.68. The van der Waals surface area contributed by atoms with Crippen LogP contribution in [0.5, 0.6) is 0 Å². The molecule has 4 N–H and O–H groups in total. The predicted molar refractivity (Wildman–Crippen MR) is 107 cm³/mol. The number of carbonyl (C=O) groups excluding carboxylic acids is 1. The molecule has 0 saturated heterocycles. The van der Waals surface area contributed by atoms with Gasteiger partial charge in [-0.2, -0.15) is 0 Å². The van der Waals surface area contributed by atoms with E-state index in [1.165, 1.54) is 12.1 Å². The van der Waals surface area contributed by atoms with E-state index in [9.17, 15) is 18.7 Å². The summed E-state index contributed by atoms with van der Waals surface area (Å²) < 4.78 is 26.9. The van der Waals surface area contributed by atoms with Crippen LogP contribution in [0.3, 0.4) is 0 Å². The lowest BCUT2D eigenvalue weighted by molar-refractivity contribution is 0.100. The molecule has 1 heterocycles. The van der Waals surface area contributed by atoms with Gasteiger partial charge in [-0.15, -0.1) is 0 Å². The Morgan fingerprint density at radius 1 is 1.07 bits per heavy atom. The van der Waals surface area contributed by atoms with Gasteiger partial charge in [-0.3, -0.25) is 4.79 Å². The highest BCUT2D eigenvalue weighted by Gasteiger charge is 2.19. The molecule has 1 aromatic heterocycles. The number of nitrogens with zero attached hydrogens (tertiary/aromatic N) is 1. The van der Waals surface area contributed by atoms with Crippen molar-refractivity contribution in [2.45, 2.75) is 18.9 Å². The number of pyridine rings is 1. The van der Waals surface area contributed by atoms with Crippen molar-refractivity contribution in [3.8, 4) is 0 Å². The number of amides is 1. The van der Waals surface area contributed by atoms with E-state index in [2.05, 4.69) is 10.3 Å². The van der Waals surface area contributed by atoms with Crippen LogP contribution in [0.2, 0.25) is 0 Å². The Bertz CT molecular complexity index is 1010. The molecule has 0 spiro atoms. The van der Waals surface area contributed by atoms with E-state index in [1.54, 1.807) is 13.0 Å². The summed E-state index contributed by atoms with van der Waals surface area (Å²) in [6.45, 7) is 1.57. The normalized spacial score (nSPS) is 13.0. The number of primary amides is 1. The van der Waals surface area contributed by atoms with Crippen LogP contribution in [0.15, 0.2) is 60.7 Å². The Morgan fingerprint density at radius 3 is 2.41 bits per heavy atom. The molecule has 0 saturated carbocycles. The molecule has 2 aromatic carbocycles. The first-order valence-corrected chi connectivity index (χ1v) is 9.08. The first-order valence-electron chi connectivity index (χ1n) is 9.08. The number of carbonyl (C=O) groups is 1. The summed E-state index contributed by atoms with van der Waals surface area (Å²) in [5, 5.41) is 12.9. The van der Waals surface area contributed by atoms with Gasteiger partial charge in [0.1, 0.15) is 5.82 Å². The van der Waals surface area contributed by atoms with E-state index in [1.807, 2.05) is 30.3 Å². The van der Waals surface area contributed by atoms with E-state index in [0.29, 0.717) is 11.3 Å². The highest BCUT2D eigenvalue weighted by atomic mass is 19.2. The van der Waals surface area contributed by atoms with Crippen LogP contribution in [0.25, 0.3) is 0 Å². The fourth-order valence-corrected chi connectivity index (χ4v) is 3.06. The van der Waals surface area contributed by atoms with Gasteiger partial charge in [0.15, 0.2) is 11.6 Å². The monoisotopic (exact) mass is 397 g/mol. The average molecular weight is 397 g/mol. The Morgan fingerprint density at radius 2 is 1.79 bits per heavy atom. The van der Waals surface area contributed by atoms with Crippen LogP contribution in [0.4, 0.5) is 14.6 Å². The maximum absolute atomic E-state index is 13.6. The third kappa shape index (κ3) is 4.57. The lowest BCUT2D eigenvalue weighted by Gasteiger charge is -2.21. The maximum Gasteiger partial charge on any atom is 0.252 e. The van der Waals surface area contributed by atoms with Gasteiger partial charge >= 0.3 is 0 Å². The quantitative estimate of drug-likeness (QED) is 0.567. The van der Waals surface area contributed by atoms with Gasteiger partial charge in [0.2, 0.25) is 0 Å². The number of nitrogens with one attached hydrogen (secondary N) is 1. The lowest BCUT2D eigenvalue weighted by atomic mass is 9.96. The molecule has 29 heavy (non-hydrogen) atoms. The molecule has 0 unspecified atom stereocenters. The van der Waals surface area contributed by atoms with Crippen molar-refractivity contribution in [2.75, 3.05) is 11.9 Å². The van der Waals surface area contributed by atoms with Crippen molar-refractivity contribution in [3.63, 3.8) is 0 Å². The first kappa shape index (κ1) is 20.4. The van der Waals surface area contributed by atoms with E-state index < -0.39 is 23.6 Å². The summed E-state index contributed by atoms with van der Waals surface area (Å²) >= 11 is 0. The van der Waals surface area contributed by atoms with Crippen LogP contribution in [-0.2, 0) is 0 Å². The number of benzene rings is 2. The van der Waals surface area contributed by atoms with E-state index in [4.69, 9.17) is 5.73 Å². The summed E-state index contributed by atoms with van der Waals surface area (Å²) in [6.07, 6.45) is 0. The standard InChI is InChI=1S/C22H21F2N3O2/c1-13(15-7-9-17(23)18(24)11-15)19-10-8-16(21(25)29)22(26-19)27-20(12-28)14-5-3-2-4-6-14/h2-11,13,20,28H,12H2,1H3,(H2,25,29)(H,26,27)/t13-,20-/m0/s1. The Labute approximate surface area is 167 Å². The molecule has 0 radical (unpaired) electrons. The Balaban J connectivity index is 1.97. The molecule has 0 aliphatic carbocycles. The number of aliphatic hydroxyl groups excluding tert-OH is 1. The van der Waals surface area contributed by atoms with Gasteiger partial charge in [0, 0.05) is 5.92 Å². The number of aliphatic hydroxyl groups is 1. The van der Waals surface area contributed by atoms with Gasteiger partial charge < -0.3 is 16.2 Å². The number of hydrogen-bond donors (Lipinski definition) is 3. The average Bonchev–Trinajstić information content (AvgIpc) is 2.73. The Hall–Kier alpha value is -3.32. The number of aromatic nitrogens is 1. The molecule has 2 atom stereocenters. The number of rotatable bonds is 7.